The Morgan fingerprint density at radius 3 is 2.84 bits per heavy atom. The van der Waals surface area contributed by atoms with Crippen LogP contribution in [0.15, 0.2) is 41.3 Å². The van der Waals surface area contributed by atoms with E-state index < -0.39 is 11.5 Å². The normalized spacial score (nSPS) is 10.2. The molecule has 1 aromatic heterocycles. The fraction of sp³-hybridized carbons (Fsp3) is 0.143. The van der Waals surface area contributed by atoms with E-state index >= 15 is 0 Å². The number of carbonyl (C=O) groups excluding carboxylic acids is 1. The number of rotatable bonds is 3. The summed E-state index contributed by atoms with van der Waals surface area (Å²) < 4.78 is 17.7. The summed E-state index contributed by atoms with van der Waals surface area (Å²) in [4.78, 5) is 25.7. The number of aromatic amines is 1. The number of ether oxygens (including phenoxy) is 1. The van der Waals surface area contributed by atoms with Crippen LogP contribution in [-0.2, 0) is 11.2 Å². The van der Waals surface area contributed by atoms with E-state index in [4.69, 9.17) is 0 Å². The monoisotopic (exact) mass is 261 g/mol. The van der Waals surface area contributed by atoms with Crippen molar-refractivity contribution < 1.29 is 13.9 Å². The van der Waals surface area contributed by atoms with Gasteiger partial charge in [-0.1, -0.05) is 12.1 Å². The molecule has 0 atom stereocenters. The molecule has 1 heterocycles. The van der Waals surface area contributed by atoms with Gasteiger partial charge in [-0.05, 0) is 35.7 Å². The standard InChI is InChI=1S/C14H12FNO3/c1-19-14(18)12-10(5-6-16-13(12)17)7-9-3-2-4-11(15)8-9/h2-6,8H,7H2,1H3,(H,16,17). The first-order valence-corrected chi connectivity index (χ1v) is 5.65. The van der Waals surface area contributed by atoms with E-state index in [-0.39, 0.29) is 17.8 Å². The maximum Gasteiger partial charge on any atom is 0.343 e. The number of halogens is 1. The molecule has 0 fully saturated rings. The molecule has 0 aliphatic rings. The van der Waals surface area contributed by atoms with Gasteiger partial charge in [-0.3, -0.25) is 4.79 Å². The van der Waals surface area contributed by atoms with Crippen LogP contribution >= 0.6 is 0 Å². The molecular formula is C14H12FNO3. The minimum Gasteiger partial charge on any atom is -0.465 e. The number of H-pyrrole nitrogens is 1. The number of nitrogens with one attached hydrogen (secondary N) is 1. The molecule has 0 unspecified atom stereocenters. The van der Waals surface area contributed by atoms with Crippen molar-refractivity contribution >= 4 is 5.97 Å². The van der Waals surface area contributed by atoms with Crippen LogP contribution < -0.4 is 5.56 Å². The van der Waals surface area contributed by atoms with Crippen molar-refractivity contribution in [2.45, 2.75) is 6.42 Å². The Morgan fingerprint density at radius 1 is 1.37 bits per heavy atom. The van der Waals surface area contributed by atoms with Crippen LogP contribution in [0.5, 0.6) is 0 Å². The van der Waals surface area contributed by atoms with Gasteiger partial charge in [0.1, 0.15) is 11.4 Å². The molecule has 98 valence electrons. The molecule has 2 aromatic rings. The number of methoxy groups -OCH3 is 1. The number of esters is 1. The summed E-state index contributed by atoms with van der Waals surface area (Å²) in [6, 6.07) is 7.62. The second-order valence-corrected chi connectivity index (χ2v) is 4.01. The van der Waals surface area contributed by atoms with Crippen LogP contribution in [0.3, 0.4) is 0 Å². The zero-order valence-corrected chi connectivity index (χ0v) is 10.3. The average molecular weight is 261 g/mol. The highest BCUT2D eigenvalue weighted by Crippen LogP contribution is 2.13. The van der Waals surface area contributed by atoms with Gasteiger partial charge in [-0.25, -0.2) is 9.18 Å². The first kappa shape index (κ1) is 13.0. The number of hydrogen-bond donors (Lipinski definition) is 1. The van der Waals surface area contributed by atoms with Crippen LogP contribution in [0.4, 0.5) is 4.39 Å². The van der Waals surface area contributed by atoms with Gasteiger partial charge in [0.15, 0.2) is 0 Å². The highest BCUT2D eigenvalue weighted by molar-refractivity contribution is 5.90. The minimum absolute atomic E-state index is 0.0470. The van der Waals surface area contributed by atoms with E-state index in [1.165, 1.54) is 25.4 Å². The van der Waals surface area contributed by atoms with Crippen molar-refractivity contribution in [3.05, 3.63) is 69.4 Å². The third kappa shape index (κ3) is 2.88. The van der Waals surface area contributed by atoms with Crippen LogP contribution in [0, 0.1) is 5.82 Å². The van der Waals surface area contributed by atoms with E-state index in [9.17, 15) is 14.0 Å². The second kappa shape index (κ2) is 5.48. The summed E-state index contributed by atoms with van der Waals surface area (Å²) in [5.41, 5.74) is 0.618. The van der Waals surface area contributed by atoms with Gasteiger partial charge in [0.2, 0.25) is 0 Å². The Balaban J connectivity index is 2.43. The molecule has 1 N–H and O–H groups in total. The van der Waals surface area contributed by atoms with E-state index in [1.54, 1.807) is 18.2 Å². The first-order valence-electron chi connectivity index (χ1n) is 5.65. The Bertz CT molecular complexity index is 664. The first-order chi connectivity index (χ1) is 9.11. The van der Waals surface area contributed by atoms with E-state index in [1.807, 2.05) is 0 Å². The van der Waals surface area contributed by atoms with Gasteiger partial charge in [0.25, 0.3) is 5.56 Å². The SMILES string of the molecule is COC(=O)c1c(Cc2cccc(F)c2)cc[nH]c1=O. The fourth-order valence-corrected chi connectivity index (χ4v) is 1.86. The maximum absolute atomic E-state index is 13.1. The lowest BCUT2D eigenvalue weighted by atomic mass is 10.0. The molecule has 4 nitrogen and oxygen atoms in total. The van der Waals surface area contributed by atoms with Crippen molar-refractivity contribution in [2.24, 2.45) is 0 Å². The van der Waals surface area contributed by atoms with Crippen molar-refractivity contribution in [1.29, 1.82) is 0 Å². The topological polar surface area (TPSA) is 59.2 Å². The summed E-state index contributed by atoms with van der Waals surface area (Å²) in [5, 5.41) is 0. The van der Waals surface area contributed by atoms with E-state index in [0.29, 0.717) is 11.1 Å². The van der Waals surface area contributed by atoms with Gasteiger partial charge in [0.05, 0.1) is 7.11 Å². The zero-order valence-electron chi connectivity index (χ0n) is 10.3. The Kier molecular flexibility index (Phi) is 3.75. The lowest BCUT2D eigenvalue weighted by molar-refractivity contribution is 0.0597. The number of aromatic nitrogens is 1. The number of pyridine rings is 1. The van der Waals surface area contributed by atoms with Crippen molar-refractivity contribution in [3.8, 4) is 0 Å². The van der Waals surface area contributed by atoms with Gasteiger partial charge in [0, 0.05) is 6.20 Å². The summed E-state index contributed by atoms with van der Waals surface area (Å²) in [5.74, 6) is -1.06. The summed E-state index contributed by atoms with van der Waals surface area (Å²) in [7, 11) is 1.21. The molecular weight excluding hydrogens is 249 g/mol. The van der Waals surface area contributed by atoms with Gasteiger partial charge >= 0.3 is 5.97 Å². The fourth-order valence-electron chi connectivity index (χ4n) is 1.86. The molecule has 19 heavy (non-hydrogen) atoms. The number of hydrogen-bond acceptors (Lipinski definition) is 3. The molecule has 0 aliphatic heterocycles. The van der Waals surface area contributed by atoms with Gasteiger partial charge in [-0.2, -0.15) is 0 Å². The van der Waals surface area contributed by atoms with Crippen LogP contribution in [0.1, 0.15) is 21.5 Å². The summed E-state index contributed by atoms with van der Waals surface area (Å²) in [6.45, 7) is 0. The molecule has 0 aliphatic carbocycles. The molecule has 0 bridgehead atoms. The zero-order chi connectivity index (χ0) is 13.8. The lowest BCUT2D eigenvalue weighted by Gasteiger charge is -2.07. The molecule has 0 spiro atoms. The predicted octanol–water partition coefficient (Wildman–Crippen LogP) is 1.89. The molecule has 0 saturated carbocycles. The van der Waals surface area contributed by atoms with Crippen LogP contribution in [0.2, 0.25) is 0 Å². The van der Waals surface area contributed by atoms with Crippen LogP contribution in [0.25, 0.3) is 0 Å². The molecule has 2 rings (SSSR count). The van der Waals surface area contributed by atoms with Gasteiger partial charge in [-0.15, -0.1) is 0 Å². The molecule has 5 heteroatoms. The lowest BCUT2D eigenvalue weighted by Crippen LogP contribution is -2.21. The smallest absolute Gasteiger partial charge is 0.343 e. The average Bonchev–Trinajstić information content (AvgIpc) is 2.38. The molecule has 1 aromatic carbocycles. The Morgan fingerprint density at radius 2 is 2.16 bits per heavy atom. The van der Waals surface area contributed by atoms with Crippen molar-refractivity contribution in [2.75, 3.05) is 7.11 Å². The van der Waals surface area contributed by atoms with Crippen molar-refractivity contribution in [1.82, 2.24) is 4.98 Å². The molecule has 0 saturated heterocycles. The number of benzene rings is 1. The Labute approximate surface area is 108 Å². The van der Waals surface area contributed by atoms with Gasteiger partial charge < -0.3 is 9.72 Å². The predicted molar refractivity (Wildman–Crippen MR) is 67.6 cm³/mol. The third-order valence-electron chi connectivity index (χ3n) is 2.72. The van der Waals surface area contributed by atoms with E-state index in [2.05, 4.69) is 9.72 Å². The van der Waals surface area contributed by atoms with Crippen LogP contribution in [-0.4, -0.2) is 18.1 Å². The van der Waals surface area contributed by atoms with E-state index in [0.717, 1.165) is 0 Å². The number of carbonyl (C=O) groups is 1. The largest absolute Gasteiger partial charge is 0.465 e. The van der Waals surface area contributed by atoms with Crippen molar-refractivity contribution in [3.63, 3.8) is 0 Å². The third-order valence-corrected chi connectivity index (χ3v) is 2.72. The molecule has 0 amide bonds. The molecule has 0 radical (unpaired) electrons. The second-order valence-electron chi connectivity index (χ2n) is 4.01. The summed E-state index contributed by atoms with van der Waals surface area (Å²) in [6.07, 6.45) is 1.73. The summed E-state index contributed by atoms with van der Waals surface area (Å²) >= 11 is 0. The quantitative estimate of drug-likeness (QED) is 0.858. The minimum atomic E-state index is -0.701. The highest BCUT2D eigenvalue weighted by Gasteiger charge is 2.16. The maximum atomic E-state index is 13.1. The Hall–Kier alpha value is -2.43. The highest BCUT2D eigenvalue weighted by atomic mass is 19.1.